The number of thiazole rings is 1. The van der Waals surface area contributed by atoms with Gasteiger partial charge in [-0.1, -0.05) is 56.0 Å². The monoisotopic (exact) mass is 299 g/mol. The number of carbonyl (C=O) groups excluding carboxylic acids is 1. The number of rotatable bonds is 4. The maximum absolute atomic E-state index is 12.2. The van der Waals surface area contributed by atoms with E-state index in [1.165, 1.54) is 43.5 Å². The van der Waals surface area contributed by atoms with Gasteiger partial charge >= 0.3 is 0 Å². The first kappa shape index (κ1) is 14.5. The Labute approximate surface area is 130 Å². The van der Waals surface area contributed by atoms with Crippen molar-refractivity contribution in [2.24, 2.45) is 0 Å². The Balaban J connectivity index is 1.66. The molecule has 0 radical (unpaired) electrons. The summed E-state index contributed by atoms with van der Waals surface area (Å²) in [6.07, 6.45) is 8.32. The number of Topliss-reactive ketones (excluding diaryl/α,β-unsaturated/α-hetero) is 1. The SMILES string of the molecule is O=C(Cc1csc(C2CCCCCC2)n1)c1ccccc1. The predicted molar refractivity (Wildman–Crippen MR) is 87.0 cm³/mol. The highest BCUT2D eigenvalue weighted by Gasteiger charge is 2.18. The van der Waals surface area contributed by atoms with Crippen molar-refractivity contribution in [3.8, 4) is 0 Å². The molecule has 1 aliphatic rings. The molecule has 3 rings (SSSR count). The van der Waals surface area contributed by atoms with E-state index in [2.05, 4.69) is 5.38 Å². The second kappa shape index (κ2) is 6.99. The van der Waals surface area contributed by atoms with E-state index < -0.39 is 0 Å². The van der Waals surface area contributed by atoms with Crippen LogP contribution in [0.2, 0.25) is 0 Å². The number of ketones is 1. The minimum Gasteiger partial charge on any atom is -0.294 e. The fraction of sp³-hybridized carbons (Fsp3) is 0.444. The molecule has 3 heteroatoms. The summed E-state index contributed by atoms with van der Waals surface area (Å²) in [4.78, 5) is 17.0. The lowest BCUT2D eigenvalue weighted by Crippen LogP contribution is -2.04. The van der Waals surface area contributed by atoms with E-state index in [4.69, 9.17) is 4.98 Å². The average molecular weight is 299 g/mol. The van der Waals surface area contributed by atoms with Crippen LogP contribution in [0.25, 0.3) is 0 Å². The van der Waals surface area contributed by atoms with Gasteiger partial charge in [-0.25, -0.2) is 4.98 Å². The summed E-state index contributed by atoms with van der Waals surface area (Å²) in [6, 6.07) is 9.50. The second-order valence-electron chi connectivity index (χ2n) is 5.83. The smallest absolute Gasteiger partial charge is 0.168 e. The van der Waals surface area contributed by atoms with Crippen molar-refractivity contribution >= 4 is 17.1 Å². The molecule has 21 heavy (non-hydrogen) atoms. The van der Waals surface area contributed by atoms with Gasteiger partial charge in [0.25, 0.3) is 0 Å². The Hall–Kier alpha value is -1.48. The van der Waals surface area contributed by atoms with Gasteiger partial charge in [0.15, 0.2) is 5.78 Å². The number of nitrogens with zero attached hydrogens (tertiary/aromatic N) is 1. The highest BCUT2D eigenvalue weighted by molar-refractivity contribution is 7.09. The molecule has 0 amide bonds. The van der Waals surface area contributed by atoms with Crippen molar-refractivity contribution in [1.82, 2.24) is 4.98 Å². The summed E-state index contributed by atoms with van der Waals surface area (Å²) in [5, 5.41) is 3.31. The average Bonchev–Trinajstić information content (AvgIpc) is 2.81. The third-order valence-corrected chi connectivity index (χ3v) is 5.27. The minimum absolute atomic E-state index is 0.160. The highest BCUT2D eigenvalue weighted by atomic mass is 32.1. The van der Waals surface area contributed by atoms with Crippen LogP contribution in [-0.2, 0) is 6.42 Å². The molecular formula is C18H21NOS. The molecule has 0 N–H and O–H groups in total. The number of hydrogen-bond donors (Lipinski definition) is 0. The summed E-state index contributed by atoms with van der Waals surface area (Å²) in [6.45, 7) is 0. The largest absolute Gasteiger partial charge is 0.294 e. The van der Waals surface area contributed by atoms with Crippen LogP contribution in [0.3, 0.4) is 0 Å². The molecule has 1 aromatic carbocycles. The zero-order valence-corrected chi connectivity index (χ0v) is 13.1. The van der Waals surface area contributed by atoms with Crippen LogP contribution >= 0.6 is 11.3 Å². The summed E-state index contributed by atoms with van der Waals surface area (Å²) < 4.78 is 0. The Morgan fingerprint density at radius 2 is 1.81 bits per heavy atom. The first-order chi connectivity index (χ1) is 10.3. The molecule has 1 aliphatic carbocycles. The molecule has 1 fully saturated rings. The second-order valence-corrected chi connectivity index (χ2v) is 6.72. The maximum atomic E-state index is 12.2. The minimum atomic E-state index is 0.160. The molecule has 2 aromatic rings. The van der Waals surface area contributed by atoms with Gasteiger partial charge < -0.3 is 0 Å². The van der Waals surface area contributed by atoms with Crippen LogP contribution in [0, 0.1) is 0 Å². The third kappa shape index (κ3) is 3.79. The van der Waals surface area contributed by atoms with Gasteiger partial charge in [-0.3, -0.25) is 4.79 Å². The quantitative estimate of drug-likeness (QED) is 0.587. The summed E-state index contributed by atoms with van der Waals surface area (Å²) >= 11 is 1.74. The zero-order valence-electron chi connectivity index (χ0n) is 12.3. The van der Waals surface area contributed by atoms with Crippen LogP contribution in [0.1, 0.15) is 65.5 Å². The Kier molecular flexibility index (Phi) is 4.81. The fourth-order valence-electron chi connectivity index (χ4n) is 3.01. The first-order valence-electron chi connectivity index (χ1n) is 7.85. The van der Waals surface area contributed by atoms with E-state index in [0.717, 1.165) is 11.3 Å². The van der Waals surface area contributed by atoms with Crippen molar-refractivity contribution in [2.75, 3.05) is 0 Å². The topological polar surface area (TPSA) is 30.0 Å². The van der Waals surface area contributed by atoms with Gasteiger partial charge in [-0.05, 0) is 12.8 Å². The number of benzene rings is 1. The van der Waals surface area contributed by atoms with Gasteiger partial charge in [-0.2, -0.15) is 0 Å². The normalized spacial score (nSPS) is 16.6. The molecule has 0 bridgehead atoms. The molecular weight excluding hydrogens is 278 g/mol. The van der Waals surface area contributed by atoms with Crippen molar-refractivity contribution < 1.29 is 4.79 Å². The van der Waals surface area contributed by atoms with E-state index in [9.17, 15) is 4.79 Å². The molecule has 0 saturated heterocycles. The highest BCUT2D eigenvalue weighted by Crippen LogP contribution is 2.33. The molecule has 0 spiro atoms. The summed E-state index contributed by atoms with van der Waals surface area (Å²) in [7, 11) is 0. The predicted octanol–water partition coefficient (Wildman–Crippen LogP) is 5.01. The van der Waals surface area contributed by atoms with Crippen LogP contribution in [0.5, 0.6) is 0 Å². The number of carbonyl (C=O) groups is 1. The van der Waals surface area contributed by atoms with Gasteiger partial charge in [0, 0.05) is 16.9 Å². The van der Waals surface area contributed by atoms with E-state index in [-0.39, 0.29) is 5.78 Å². The van der Waals surface area contributed by atoms with Gasteiger partial charge in [-0.15, -0.1) is 11.3 Å². The van der Waals surface area contributed by atoms with Crippen molar-refractivity contribution in [2.45, 2.75) is 50.9 Å². The Morgan fingerprint density at radius 1 is 1.10 bits per heavy atom. The molecule has 1 saturated carbocycles. The zero-order chi connectivity index (χ0) is 14.5. The van der Waals surface area contributed by atoms with E-state index in [1.807, 2.05) is 30.3 Å². The molecule has 1 aromatic heterocycles. The lowest BCUT2D eigenvalue weighted by atomic mass is 10.0. The number of aromatic nitrogens is 1. The van der Waals surface area contributed by atoms with Crippen molar-refractivity contribution in [1.29, 1.82) is 0 Å². The maximum Gasteiger partial charge on any atom is 0.168 e. The van der Waals surface area contributed by atoms with Crippen molar-refractivity contribution in [3.05, 3.63) is 52.0 Å². The Bertz CT molecular complexity index is 582. The van der Waals surface area contributed by atoms with E-state index in [0.29, 0.717) is 12.3 Å². The van der Waals surface area contributed by atoms with Gasteiger partial charge in [0.2, 0.25) is 0 Å². The number of hydrogen-bond acceptors (Lipinski definition) is 3. The third-order valence-electron chi connectivity index (χ3n) is 4.21. The van der Waals surface area contributed by atoms with E-state index in [1.54, 1.807) is 11.3 Å². The molecule has 2 nitrogen and oxygen atoms in total. The van der Waals surface area contributed by atoms with Gasteiger partial charge in [0.1, 0.15) is 0 Å². The Morgan fingerprint density at radius 3 is 2.52 bits per heavy atom. The van der Waals surface area contributed by atoms with Crippen LogP contribution in [0.4, 0.5) is 0 Å². The molecule has 0 unspecified atom stereocenters. The van der Waals surface area contributed by atoms with Crippen LogP contribution in [0.15, 0.2) is 35.7 Å². The molecule has 1 heterocycles. The van der Waals surface area contributed by atoms with Crippen LogP contribution < -0.4 is 0 Å². The lowest BCUT2D eigenvalue weighted by molar-refractivity contribution is 0.0992. The van der Waals surface area contributed by atoms with Crippen LogP contribution in [-0.4, -0.2) is 10.8 Å². The molecule has 0 atom stereocenters. The van der Waals surface area contributed by atoms with Crippen molar-refractivity contribution in [3.63, 3.8) is 0 Å². The summed E-state index contributed by atoms with van der Waals surface area (Å²) in [5.41, 5.74) is 1.72. The van der Waals surface area contributed by atoms with Gasteiger partial charge in [0.05, 0.1) is 17.1 Å². The first-order valence-corrected chi connectivity index (χ1v) is 8.73. The molecule has 0 aliphatic heterocycles. The lowest BCUT2D eigenvalue weighted by Gasteiger charge is -2.09. The summed E-state index contributed by atoms with van der Waals surface area (Å²) in [5.74, 6) is 0.784. The standard InChI is InChI=1S/C18H21NOS/c20-17(14-8-6-3-7-9-14)12-16-13-21-18(19-16)15-10-4-1-2-5-11-15/h3,6-9,13,15H,1-2,4-5,10-12H2. The molecule has 110 valence electrons. The fourth-order valence-corrected chi connectivity index (χ4v) is 4.00. The van der Waals surface area contributed by atoms with E-state index >= 15 is 0 Å².